The fourth-order valence-corrected chi connectivity index (χ4v) is 2.37. The SMILES string of the molecule is Cc1ccccc1CCNC(=O)COC(=O)c1nc(Cl)ccc1Cl. The number of carbonyl (C=O) groups excluding carboxylic acids is 2. The van der Waals surface area contributed by atoms with E-state index in [-0.39, 0.29) is 15.9 Å². The molecule has 1 aromatic carbocycles. The minimum absolute atomic E-state index is 0.114. The van der Waals surface area contributed by atoms with Crippen molar-refractivity contribution in [2.75, 3.05) is 13.2 Å². The van der Waals surface area contributed by atoms with Gasteiger partial charge in [0.15, 0.2) is 12.3 Å². The van der Waals surface area contributed by atoms with Gasteiger partial charge in [-0.3, -0.25) is 4.79 Å². The molecule has 1 N–H and O–H groups in total. The largest absolute Gasteiger partial charge is 0.451 e. The second-order valence-electron chi connectivity index (χ2n) is 5.07. The lowest BCUT2D eigenvalue weighted by Crippen LogP contribution is -2.30. The maximum Gasteiger partial charge on any atom is 0.359 e. The number of aromatic nitrogens is 1. The molecule has 0 saturated heterocycles. The highest BCUT2D eigenvalue weighted by Crippen LogP contribution is 2.17. The van der Waals surface area contributed by atoms with Crippen molar-refractivity contribution in [3.63, 3.8) is 0 Å². The molecule has 0 bridgehead atoms. The van der Waals surface area contributed by atoms with Crippen molar-refractivity contribution in [2.45, 2.75) is 13.3 Å². The van der Waals surface area contributed by atoms with E-state index in [1.807, 2.05) is 31.2 Å². The molecule has 24 heavy (non-hydrogen) atoms. The highest BCUT2D eigenvalue weighted by atomic mass is 35.5. The number of rotatable bonds is 6. The van der Waals surface area contributed by atoms with Gasteiger partial charge < -0.3 is 10.1 Å². The standard InChI is InChI=1S/C17H16Cl2N2O3/c1-11-4-2-3-5-12(11)8-9-20-15(22)10-24-17(23)16-13(18)6-7-14(19)21-16/h2-7H,8-10H2,1H3,(H,20,22). The summed E-state index contributed by atoms with van der Waals surface area (Å²) < 4.78 is 4.90. The van der Waals surface area contributed by atoms with Crippen molar-refractivity contribution in [2.24, 2.45) is 0 Å². The van der Waals surface area contributed by atoms with E-state index in [0.717, 1.165) is 5.56 Å². The molecule has 1 heterocycles. The second kappa shape index (κ2) is 8.66. The Balaban J connectivity index is 1.78. The van der Waals surface area contributed by atoms with Crippen molar-refractivity contribution in [3.8, 4) is 0 Å². The maximum atomic E-state index is 11.9. The number of esters is 1. The summed E-state index contributed by atoms with van der Waals surface area (Å²) in [7, 11) is 0. The average molecular weight is 367 g/mol. The van der Waals surface area contributed by atoms with Crippen LogP contribution in [0.1, 0.15) is 21.6 Å². The topological polar surface area (TPSA) is 68.3 Å². The lowest BCUT2D eigenvalue weighted by atomic mass is 10.1. The van der Waals surface area contributed by atoms with Crippen LogP contribution in [0, 0.1) is 6.92 Å². The summed E-state index contributed by atoms with van der Waals surface area (Å²) >= 11 is 11.6. The Hall–Kier alpha value is -2.11. The molecule has 0 aliphatic rings. The molecule has 0 atom stereocenters. The predicted octanol–water partition coefficient (Wildman–Crippen LogP) is 3.21. The zero-order valence-corrected chi connectivity index (χ0v) is 14.5. The summed E-state index contributed by atoms with van der Waals surface area (Å²) in [6.07, 6.45) is 0.702. The molecule has 126 valence electrons. The van der Waals surface area contributed by atoms with Gasteiger partial charge in [-0.1, -0.05) is 47.5 Å². The van der Waals surface area contributed by atoms with Crippen LogP contribution in [-0.2, 0) is 16.0 Å². The number of carbonyl (C=O) groups is 2. The zero-order chi connectivity index (χ0) is 17.5. The van der Waals surface area contributed by atoms with E-state index in [9.17, 15) is 9.59 Å². The summed E-state index contributed by atoms with van der Waals surface area (Å²) in [5, 5.41) is 2.93. The molecule has 7 heteroatoms. The third-order valence-corrected chi connectivity index (χ3v) is 3.83. The molecule has 5 nitrogen and oxygen atoms in total. The van der Waals surface area contributed by atoms with E-state index in [1.54, 1.807) is 0 Å². The smallest absolute Gasteiger partial charge is 0.359 e. The fourth-order valence-electron chi connectivity index (χ4n) is 2.04. The quantitative estimate of drug-likeness (QED) is 0.629. The molecule has 0 aliphatic heterocycles. The Morgan fingerprint density at radius 1 is 1.17 bits per heavy atom. The van der Waals surface area contributed by atoms with Gasteiger partial charge in [-0.25, -0.2) is 9.78 Å². The molecule has 0 aliphatic carbocycles. The number of hydrogen-bond acceptors (Lipinski definition) is 4. The number of amides is 1. The molecule has 0 unspecified atom stereocenters. The average Bonchev–Trinajstić information content (AvgIpc) is 2.56. The highest BCUT2D eigenvalue weighted by molar-refractivity contribution is 6.34. The lowest BCUT2D eigenvalue weighted by molar-refractivity contribution is -0.124. The molecule has 2 aromatic rings. The summed E-state index contributed by atoms with van der Waals surface area (Å²) in [4.78, 5) is 27.4. The van der Waals surface area contributed by atoms with Crippen molar-refractivity contribution in [1.29, 1.82) is 0 Å². The molecule has 2 rings (SSSR count). The monoisotopic (exact) mass is 366 g/mol. The molecular formula is C17H16Cl2N2O3. The predicted molar refractivity (Wildman–Crippen MR) is 92.4 cm³/mol. The highest BCUT2D eigenvalue weighted by Gasteiger charge is 2.16. The van der Waals surface area contributed by atoms with Crippen LogP contribution >= 0.6 is 23.2 Å². The van der Waals surface area contributed by atoms with Crippen LogP contribution in [-0.4, -0.2) is 30.0 Å². The number of ether oxygens (including phenoxy) is 1. The zero-order valence-electron chi connectivity index (χ0n) is 13.0. The number of pyridine rings is 1. The van der Waals surface area contributed by atoms with Gasteiger partial charge in [-0.05, 0) is 36.6 Å². The molecule has 1 aromatic heterocycles. The minimum atomic E-state index is -0.795. The van der Waals surface area contributed by atoms with Crippen molar-refractivity contribution in [3.05, 3.63) is 63.4 Å². The Labute approximate surface area is 149 Å². The van der Waals surface area contributed by atoms with Crippen LogP contribution < -0.4 is 5.32 Å². The molecule has 0 saturated carbocycles. The number of nitrogens with zero attached hydrogens (tertiary/aromatic N) is 1. The first-order valence-electron chi connectivity index (χ1n) is 7.27. The second-order valence-corrected chi connectivity index (χ2v) is 5.86. The number of nitrogens with one attached hydrogen (secondary N) is 1. The molecule has 0 fully saturated rings. The Bertz CT molecular complexity index is 750. The molecule has 0 radical (unpaired) electrons. The first-order chi connectivity index (χ1) is 11.5. The van der Waals surface area contributed by atoms with E-state index >= 15 is 0 Å². The van der Waals surface area contributed by atoms with Gasteiger partial charge in [0.05, 0.1) is 5.02 Å². The maximum absolute atomic E-state index is 11.9. The summed E-state index contributed by atoms with van der Waals surface area (Å²) in [5.41, 5.74) is 2.21. The fraction of sp³-hybridized carbons (Fsp3) is 0.235. The van der Waals surface area contributed by atoms with Crippen molar-refractivity contribution in [1.82, 2.24) is 10.3 Å². The Kier molecular flexibility index (Phi) is 6.58. The molecule has 1 amide bonds. The van der Waals surface area contributed by atoms with Crippen molar-refractivity contribution >= 4 is 35.1 Å². The van der Waals surface area contributed by atoms with Gasteiger partial charge in [0.1, 0.15) is 5.15 Å². The van der Waals surface area contributed by atoms with Crippen LogP contribution in [0.3, 0.4) is 0 Å². The minimum Gasteiger partial charge on any atom is -0.451 e. The van der Waals surface area contributed by atoms with E-state index in [1.165, 1.54) is 17.7 Å². The van der Waals surface area contributed by atoms with Crippen molar-refractivity contribution < 1.29 is 14.3 Å². The van der Waals surface area contributed by atoms with E-state index < -0.39 is 18.5 Å². The first kappa shape index (κ1) is 18.2. The van der Waals surface area contributed by atoms with Gasteiger partial charge in [0.2, 0.25) is 0 Å². The number of aryl methyl sites for hydroxylation is 1. The van der Waals surface area contributed by atoms with Gasteiger partial charge in [0, 0.05) is 6.54 Å². The molecular weight excluding hydrogens is 351 g/mol. The number of halogens is 2. The Morgan fingerprint density at radius 3 is 2.67 bits per heavy atom. The normalized spacial score (nSPS) is 10.3. The van der Waals surface area contributed by atoms with Crippen LogP contribution in [0.4, 0.5) is 0 Å². The lowest BCUT2D eigenvalue weighted by Gasteiger charge is -2.08. The van der Waals surface area contributed by atoms with Crippen LogP contribution in [0.5, 0.6) is 0 Å². The summed E-state index contributed by atoms with van der Waals surface area (Å²) in [6, 6.07) is 10.8. The van der Waals surface area contributed by atoms with Gasteiger partial charge in [-0.2, -0.15) is 0 Å². The van der Waals surface area contributed by atoms with Crippen LogP contribution in [0.2, 0.25) is 10.2 Å². The number of hydrogen-bond donors (Lipinski definition) is 1. The van der Waals surface area contributed by atoms with E-state index in [0.29, 0.717) is 13.0 Å². The van der Waals surface area contributed by atoms with Gasteiger partial charge in [-0.15, -0.1) is 0 Å². The number of benzene rings is 1. The van der Waals surface area contributed by atoms with Gasteiger partial charge >= 0.3 is 5.97 Å². The third-order valence-electron chi connectivity index (χ3n) is 3.32. The van der Waals surface area contributed by atoms with E-state index in [4.69, 9.17) is 27.9 Å². The Morgan fingerprint density at radius 2 is 1.92 bits per heavy atom. The third kappa shape index (κ3) is 5.22. The first-order valence-corrected chi connectivity index (χ1v) is 8.03. The summed E-state index contributed by atoms with van der Waals surface area (Å²) in [5.74, 6) is -1.19. The van der Waals surface area contributed by atoms with Crippen LogP contribution in [0.25, 0.3) is 0 Å². The molecule has 0 spiro atoms. The van der Waals surface area contributed by atoms with E-state index in [2.05, 4.69) is 10.3 Å². The summed E-state index contributed by atoms with van der Waals surface area (Å²) in [6.45, 7) is 2.06. The van der Waals surface area contributed by atoms with Crippen LogP contribution in [0.15, 0.2) is 36.4 Å². The van der Waals surface area contributed by atoms with Gasteiger partial charge in [0.25, 0.3) is 5.91 Å².